The number of nitrogens with one attached hydrogen (secondary N) is 1. The predicted molar refractivity (Wildman–Crippen MR) is 69.3 cm³/mol. The lowest BCUT2D eigenvalue weighted by Gasteiger charge is -2.18. The third kappa shape index (κ3) is 7.12. The van der Waals surface area contributed by atoms with Gasteiger partial charge in [-0.2, -0.15) is 0 Å². The average molecular weight is 307 g/mol. The van der Waals surface area contributed by atoms with Crippen molar-refractivity contribution in [1.29, 1.82) is 0 Å². The number of nitrogens with two attached hydrogens (primary N) is 1. The number of rotatable bonds is 7. The Bertz CT molecular complexity index is 305. The number of amides is 2. The molecule has 5 nitrogen and oxygen atoms in total. The first-order valence-corrected chi connectivity index (χ1v) is 6.14. The summed E-state index contributed by atoms with van der Waals surface area (Å²) in [6, 6.07) is -0.851. The molecule has 0 saturated heterocycles. The first-order chi connectivity index (χ1) is 7.73. The second-order valence-corrected chi connectivity index (χ2v) is 5.45. The standard InChI is InChI=1S/C11H19BrN2O3/c1-6(2)4-9(15)11(17)14-8(10(13)16)5-7(3)12/h6,8-9,15H,3-5H2,1-2H3,(H2,13,16)(H,14,17)/t8-,9+/m1/s1. The molecule has 0 saturated carbocycles. The smallest absolute Gasteiger partial charge is 0.249 e. The van der Waals surface area contributed by atoms with E-state index in [0.29, 0.717) is 10.9 Å². The van der Waals surface area contributed by atoms with Crippen molar-refractivity contribution in [3.63, 3.8) is 0 Å². The normalized spacial score (nSPS) is 14.2. The van der Waals surface area contributed by atoms with E-state index in [4.69, 9.17) is 5.73 Å². The zero-order valence-corrected chi connectivity index (χ0v) is 11.7. The minimum Gasteiger partial charge on any atom is -0.383 e. The molecule has 2 amide bonds. The van der Waals surface area contributed by atoms with Crippen molar-refractivity contribution in [2.75, 3.05) is 0 Å². The molecule has 0 aromatic rings. The SMILES string of the molecule is C=C(Br)C[C@@H](NC(=O)[C@@H](O)CC(C)C)C(N)=O. The lowest BCUT2D eigenvalue weighted by Crippen LogP contribution is -2.48. The molecular weight excluding hydrogens is 288 g/mol. The van der Waals surface area contributed by atoms with Crippen molar-refractivity contribution in [3.05, 3.63) is 11.1 Å². The lowest BCUT2D eigenvalue weighted by molar-refractivity contribution is -0.133. The first kappa shape index (κ1) is 16.1. The van der Waals surface area contributed by atoms with Crippen LogP contribution in [0.1, 0.15) is 26.7 Å². The highest BCUT2D eigenvalue weighted by Crippen LogP contribution is 2.11. The third-order valence-electron chi connectivity index (χ3n) is 2.08. The summed E-state index contributed by atoms with van der Waals surface area (Å²) in [5.41, 5.74) is 5.14. The quantitative estimate of drug-likeness (QED) is 0.645. The molecule has 0 aromatic carbocycles. The molecule has 17 heavy (non-hydrogen) atoms. The molecule has 0 spiro atoms. The number of carbonyl (C=O) groups excluding carboxylic acids is 2. The number of hydrogen-bond donors (Lipinski definition) is 3. The molecule has 0 aliphatic heterocycles. The zero-order chi connectivity index (χ0) is 13.6. The van der Waals surface area contributed by atoms with Crippen LogP contribution < -0.4 is 11.1 Å². The van der Waals surface area contributed by atoms with Gasteiger partial charge in [-0.05, 0) is 16.8 Å². The van der Waals surface area contributed by atoms with Crippen molar-refractivity contribution in [1.82, 2.24) is 5.32 Å². The molecule has 6 heteroatoms. The molecule has 4 N–H and O–H groups in total. The Morgan fingerprint density at radius 2 is 2.00 bits per heavy atom. The van der Waals surface area contributed by atoms with E-state index in [9.17, 15) is 14.7 Å². The fourth-order valence-corrected chi connectivity index (χ4v) is 1.59. The van der Waals surface area contributed by atoms with Crippen LogP contribution in [0.2, 0.25) is 0 Å². The Hall–Kier alpha value is -0.880. The Balaban J connectivity index is 4.39. The van der Waals surface area contributed by atoms with Gasteiger partial charge < -0.3 is 16.2 Å². The number of halogens is 1. The third-order valence-corrected chi connectivity index (χ3v) is 2.41. The van der Waals surface area contributed by atoms with Gasteiger partial charge in [-0.3, -0.25) is 9.59 Å². The molecule has 0 heterocycles. The van der Waals surface area contributed by atoms with Gasteiger partial charge in [0.1, 0.15) is 12.1 Å². The summed E-state index contributed by atoms with van der Waals surface area (Å²) in [7, 11) is 0. The molecule has 0 unspecified atom stereocenters. The largest absolute Gasteiger partial charge is 0.383 e. The molecule has 0 aromatic heterocycles. The van der Waals surface area contributed by atoms with Crippen molar-refractivity contribution >= 4 is 27.7 Å². The predicted octanol–water partition coefficient (Wildman–Crippen LogP) is 0.662. The first-order valence-electron chi connectivity index (χ1n) is 5.35. The topological polar surface area (TPSA) is 92.4 Å². The molecular formula is C11H19BrN2O3. The maximum atomic E-state index is 11.6. The summed E-state index contributed by atoms with van der Waals surface area (Å²) in [6.07, 6.45) is -0.581. The second-order valence-electron chi connectivity index (χ2n) is 4.33. The summed E-state index contributed by atoms with van der Waals surface area (Å²) in [4.78, 5) is 22.6. The van der Waals surface area contributed by atoms with Crippen LogP contribution >= 0.6 is 15.9 Å². The number of aliphatic hydroxyl groups excluding tert-OH is 1. The highest BCUT2D eigenvalue weighted by atomic mass is 79.9. The van der Waals surface area contributed by atoms with Crippen LogP contribution in [0.15, 0.2) is 11.1 Å². The number of aliphatic hydroxyl groups is 1. The minimum atomic E-state index is -1.12. The average Bonchev–Trinajstić information content (AvgIpc) is 2.14. The van der Waals surface area contributed by atoms with E-state index in [0.717, 1.165) is 0 Å². The zero-order valence-electron chi connectivity index (χ0n) is 10.1. The molecule has 0 rings (SSSR count). The van der Waals surface area contributed by atoms with E-state index in [1.165, 1.54) is 0 Å². The highest BCUT2D eigenvalue weighted by molar-refractivity contribution is 9.11. The second kappa shape index (κ2) is 7.45. The molecule has 98 valence electrons. The lowest BCUT2D eigenvalue weighted by atomic mass is 10.0. The fourth-order valence-electron chi connectivity index (χ4n) is 1.27. The minimum absolute atomic E-state index is 0.189. The number of carbonyl (C=O) groups is 2. The van der Waals surface area contributed by atoms with Crippen LogP contribution in [0.5, 0.6) is 0 Å². The Labute approximate surface area is 110 Å². The van der Waals surface area contributed by atoms with Gasteiger partial charge in [0.2, 0.25) is 11.8 Å². The molecule has 0 aliphatic rings. The van der Waals surface area contributed by atoms with E-state index in [-0.39, 0.29) is 12.3 Å². The van der Waals surface area contributed by atoms with Gasteiger partial charge in [0, 0.05) is 6.42 Å². The van der Waals surface area contributed by atoms with E-state index in [2.05, 4.69) is 27.8 Å². The summed E-state index contributed by atoms with van der Waals surface area (Å²) >= 11 is 3.09. The van der Waals surface area contributed by atoms with Gasteiger partial charge in [-0.25, -0.2) is 0 Å². The van der Waals surface area contributed by atoms with E-state index >= 15 is 0 Å². The van der Waals surface area contributed by atoms with Crippen molar-refractivity contribution in [3.8, 4) is 0 Å². The van der Waals surface area contributed by atoms with Gasteiger partial charge in [-0.15, -0.1) is 0 Å². The van der Waals surface area contributed by atoms with Crippen LogP contribution in [0.3, 0.4) is 0 Å². The summed E-state index contributed by atoms with van der Waals surface area (Å²) in [5, 5.41) is 12.0. The summed E-state index contributed by atoms with van der Waals surface area (Å²) < 4.78 is 0.556. The van der Waals surface area contributed by atoms with Crippen molar-refractivity contribution < 1.29 is 14.7 Å². The van der Waals surface area contributed by atoms with Crippen LogP contribution in [0.4, 0.5) is 0 Å². The summed E-state index contributed by atoms with van der Waals surface area (Å²) in [6.45, 7) is 7.36. The molecule has 0 fully saturated rings. The van der Waals surface area contributed by atoms with E-state index in [1.54, 1.807) is 0 Å². The van der Waals surface area contributed by atoms with Gasteiger partial charge in [0.25, 0.3) is 0 Å². The summed E-state index contributed by atoms with van der Waals surface area (Å²) in [5.74, 6) is -1.05. The highest BCUT2D eigenvalue weighted by Gasteiger charge is 2.23. The molecule has 0 bridgehead atoms. The van der Waals surface area contributed by atoms with E-state index < -0.39 is 24.0 Å². The van der Waals surface area contributed by atoms with Gasteiger partial charge in [0.15, 0.2) is 0 Å². The monoisotopic (exact) mass is 306 g/mol. The Morgan fingerprint density at radius 1 is 1.47 bits per heavy atom. The molecule has 2 atom stereocenters. The van der Waals surface area contributed by atoms with Gasteiger partial charge in [0.05, 0.1) is 0 Å². The molecule has 0 radical (unpaired) electrons. The number of hydrogen-bond acceptors (Lipinski definition) is 3. The van der Waals surface area contributed by atoms with Crippen molar-refractivity contribution in [2.45, 2.75) is 38.8 Å². The maximum absolute atomic E-state index is 11.6. The van der Waals surface area contributed by atoms with Crippen LogP contribution in [-0.2, 0) is 9.59 Å². The Morgan fingerprint density at radius 3 is 2.35 bits per heavy atom. The van der Waals surface area contributed by atoms with Crippen molar-refractivity contribution in [2.24, 2.45) is 11.7 Å². The van der Waals surface area contributed by atoms with Crippen LogP contribution in [0, 0.1) is 5.92 Å². The van der Waals surface area contributed by atoms with Gasteiger partial charge >= 0.3 is 0 Å². The number of primary amides is 1. The van der Waals surface area contributed by atoms with E-state index in [1.807, 2.05) is 13.8 Å². The fraction of sp³-hybridized carbons (Fsp3) is 0.636. The van der Waals surface area contributed by atoms with Crippen LogP contribution in [0.25, 0.3) is 0 Å². The molecule has 0 aliphatic carbocycles. The maximum Gasteiger partial charge on any atom is 0.249 e. The van der Waals surface area contributed by atoms with Gasteiger partial charge in [-0.1, -0.05) is 36.4 Å². The van der Waals surface area contributed by atoms with Crippen LogP contribution in [-0.4, -0.2) is 29.1 Å². The Kier molecular flexibility index (Phi) is 7.06.